The van der Waals surface area contributed by atoms with Crippen LogP contribution in [0, 0.1) is 0 Å². The van der Waals surface area contributed by atoms with Crippen molar-refractivity contribution in [3.63, 3.8) is 0 Å². The first-order valence-corrected chi connectivity index (χ1v) is 3.56. The smallest absolute Gasteiger partial charge is 0.215 e. The molecule has 10 heavy (non-hydrogen) atoms. The van der Waals surface area contributed by atoms with E-state index in [0.717, 1.165) is 0 Å². The average molecular weight is 196 g/mol. The summed E-state index contributed by atoms with van der Waals surface area (Å²) in [5.41, 5.74) is 0. The molecule has 0 aliphatic carbocycles. The highest BCUT2D eigenvalue weighted by atomic mass is 35.5. The third kappa shape index (κ3) is 1.48. The summed E-state index contributed by atoms with van der Waals surface area (Å²) in [6.07, 6.45) is 0. The van der Waals surface area contributed by atoms with Gasteiger partial charge in [0.15, 0.2) is 0 Å². The third-order valence-electron chi connectivity index (χ3n) is 0.963. The first-order chi connectivity index (χ1) is 4.61. The fourth-order valence-corrected chi connectivity index (χ4v) is 1.35. The molecule has 0 aliphatic heterocycles. The molecule has 1 rings (SSSR count). The van der Waals surface area contributed by atoms with E-state index < -0.39 is 0 Å². The van der Waals surface area contributed by atoms with E-state index in [2.05, 4.69) is 0 Å². The van der Waals surface area contributed by atoms with E-state index in [0.29, 0.717) is 5.02 Å². The van der Waals surface area contributed by atoms with Crippen LogP contribution >= 0.6 is 34.8 Å². The van der Waals surface area contributed by atoms with Gasteiger partial charge in [0, 0.05) is 5.02 Å². The molecule has 0 bridgehead atoms. The molecule has 1 radical (unpaired) electrons. The van der Waals surface area contributed by atoms with Crippen LogP contribution in [0.1, 0.15) is 0 Å². The lowest BCUT2D eigenvalue weighted by atomic mass is 10.3. The largest absolute Gasteiger partial charge is 0.287 e. The summed E-state index contributed by atoms with van der Waals surface area (Å²) in [6, 6.07) is 2.72. The molecule has 53 valence electrons. The Bertz CT molecular complexity index is 236. The lowest BCUT2D eigenvalue weighted by Gasteiger charge is -1.95. The number of benzene rings is 1. The molecule has 0 spiro atoms. The van der Waals surface area contributed by atoms with Crippen molar-refractivity contribution in [2.75, 3.05) is 0 Å². The molecule has 1 aromatic carbocycles. The van der Waals surface area contributed by atoms with E-state index in [4.69, 9.17) is 34.8 Å². The van der Waals surface area contributed by atoms with Crippen LogP contribution in [0.4, 0.5) is 0 Å². The van der Waals surface area contributed by atoms with Crippen LogP contribution in [-0.2, 0) is 5.11 Å². The molecule has 0 heterocycles. The molecule has 0 N–H and O–H groups in total. The van der Waals surface area contributed by atoms with Crippen molar-refractivity contribution in [2.24, 2.45) is 0 Å². The van der Waals surface area contributed by atoms with Gasteiger partial charge >= 0.3 is 0 Å². The summed E-state index contributed by atoms with van der Waals surface area (Å²) in [6.45, 7) is 0. The van der Waals surface area contributed by atoms with Crippen LogP contribution < -0.4 is 0 Å². The molecule has 0 aromatic heterocycles. The Morgan fingerprint density at radius 1 is 1.00 bits per heavy atom. The maximum atomic E-state index is 10.8. The topological polar surface area (TPSA) is 19.9 Å². The Labute approximate surface area is 73.1 Å². The number of halogens is 3. The predicted molar refractivity (Wildman–Crippen MR) is 41.6 cm³/mol. The summed E-state index contributed by atoms with van der Waals surface area (Å²) in [5, 5.41) is 11.3. The van der Waals surface area contributed by atoms with Crippen LogP contribution in [0.3, 0.4) is 0 Å². The molecule has 0 fully saturated rings. The molecule has 4 heteroatoms. The van der Waals surface area contributed by atoms with Crippen molar-refractivity contribution in [1.82, 2.24) is 0 Å². The van der Waals surface area contributed by atoms with Gasteiger partial charge in [-0.25, -0.2) is 0 Å². The Kier molecular flexibility index (Phi) is 2.29. The van der Waals surface area contributed by atoms with Crippen LogP contribution in [-0.4, -0.2) is 0 Å². The highest BCUT2D eigenvalue weighted by Crippen LogP contribution is 2.34. The minimum Gasteiger partial charge on any atom is -0.287 e. The van der Waals surface area contributed by atoms with E-state index in [1.807, 2.05) is 0 Å². The minimum absolute atomic E-state index is 0.0532. The van der Waals surface area contributed by atoms with Crippen molar-refractivity contribution in [1.29, 1.82) is 0 Å². The van der Waals surface area contributed by atoms with Gasteiger partial charge in [0.1, 0.15) is 0 Å². The van der Waals surface area contributed by atoms with Crippen molar-refractivity contribution in [3.05, 3.63) is 27.2 Å². The van der Waals surface area contributed by atoms with Crippen LogP contribution in [0.15, 0.2) is 12.1 Å². The summed E-state index contributed by atoms with van der Waals surface area (Å²) in [5.74, 6) is -0.382. The van der Waals surface area contributed by atoms with Crippen LogP contribution in [0.25, 0.3) is 0 Å². The zero-order valence-electron chi connectivity index (χ0n) is 4.70. The van der Waals surface area contributed by atoms with Gasteiger partial charge in [-0.1, -0.05) is 34.8 Å². The first-order valence-electron chi connectivity index (χ1n) is 2.43. The Hall–Kier alpha value is -0.110. The second-order valence-corrected chi connectivity index (χ2v) is 2.95. The van der Waals surface area contributed by atoms with Crippen molar-refractivity contribution in [2.45, 2.75) is 0 Å². The van der Waals surface area contributed by atoms with E-state index >= 15 is 0 Å². The second kappa shape index (κ2) is 2.87. The maximum absolute atomic E-state index is 10.8. The van der Waals surface area contributed by atoms with Crippen molar-refractivity contribution < 1.29 is 5.11 Å². The zero-order chi connectivity index (χ0) is 7.72. The molecular weight excluding hydrogens is 194 g/mol. The highest BCUT2D eigenvalue weighted by Gasteiger charge is 2.06. The fraction of sp³-hybridized carbons (Fsp3) is 0. The Balaban J connectivity index is 3.31. The molecule has 1 aromatic rings. The Morgan fingerprint density at radius 3 is 1.80 bits per heavy atom. The molecule has 0 unspecified atom stereocenters. The van der Waals surface area contributed by atoms with E-state index in [1.165, 1.54) is 12.1 Å². The summed E-state index contributed by atoms with van der Waals surface area (Å²) < 4.78 is 0. The summed E-state index contributed by atoms with van der Waals surface area (Å²) in [7, 11) is 0. The zero-order valence-corrected chi connectivity index (χ0v) is 6.96. The van der Waals surface area contributed by atoms with Gasteiger partial charge in [-0.3, -0.25) is 5.11 Å². The number of rotatable bonds is 0. The monoisotopic (exact) mass is 195 g/mol. The predicted octanol–water partition coefficient (Wildman–Crippen LogP) is 3.79. The maximum Gasteiger partial charge on any atom is 0.215 e. The van der Waals surface area contributed by atoms with Crippen LogP contribution in [0.5, 0.6) is 5.75 Å². The molecule has 0 saturated carbocycles. The molecule has 0 aliphatic rings. The van der Waals surface area contributed by atoms with Crippen molar-refractivity contribution >= 4 is 34.8 Å². The SMILES string of the molecule is [O]c1c(Cl)cc(Cl)cc1Cl. The van der Waals surface area contributed by atoms with Gasteiger partial charge in [0.2, 0.25) is 5.75 Å². The van der Waals surface area contributed by atoms with Gasteiger partial charge < -0.3 is 0 Å². The molecule has 0 atom stereocenters. The van der Waals surface area contributed by atoms with Gasteiger partial charge in [0.25, 0.3) is 0 Å². The van der Waals surface area contributed by atoms with Gasteiger partial charge in [-0.15, -0.1) is 0 Å². The van der Waals surface area contributed by atoms with Gasteiger partial charge in [-0.2, -0.15) is 0 Å². The lowest BCUT2D eigenvalue weighted by Crippen LogP contribution is -1.69. The minimum atomic E-state index is -0.382. The summed E-state index contributed by atoms with van der Waals surface area (Å²) in [4.78, 5) is 0. The first kappa shape index (κ1) is 7.99. The number of hydrogen-bond donors (Lipinski definition) is 0. The van der Waals surface area contributed by atoms with Crippen molar-refractivity contribution in [3.8, 4) is 5.75 Å². The average Bonchev–Trinajstić information content (AvgIpc) is 1.82. The van der Waals surface area contributed by atoms with E-state index in [1.54, 1.807) is 0 Å². The third-order valence-corrected chi connectivity index (χ3v) is 1.74. The lowest BCUT2D eigenvalue weighted by molar-refractivity contribution is 0.355. The molecule has 0 amide bonds. The number of hydrogen-bond acceptors (Lipinski definition) is 0. The van der Waals surface area contributed by atoms with E-state index in [9.17, 15) is 5.11 Å². The molecular formula is C6H2Cl3O. The Morgan fingerprint density at radius 2 is 1.40 bits per heavy atom. The molecule has 1 nitrogen and oxygen atoms in total. The quantitative estimate of drug-likeness (QED) is 0.602. The normalized spacial score (nSPS) is 9.90. The fourth-order valence-electron chi connectivity index (χ4n) is 0.529. The highest BCUT2D eigenvalue weighted by molar-refractivity contribution is 6.40. The standard InChI is InChI=1S/C6H2Cl3O/c7-3-1-4(8)6(10)5(9)2-3/h1-2H. The van der Waals surface area contributed by atoms with E-state index in [-0.39, 0.29) is 15.8 Å². The van der Waals surface area contributed by atoms with Gasteiger partial charge in [0.05, 0.1) is 10.0 Å². The second-order valence-electron chi connectivity index (χ2n) is 1.70. The summed E-state index contributed by atoms with van der Waals surface area (Å²) >= 11 is 16.4. The van der Waals surface area contributed by atoms with Crippen LogP contribution in [0.2, 0.25) is 15.1 Å². The van der Waals surface area contributed by atoms with Gasteiger partial charge in [-0.05, 0) is 12.1 Å². The molecule has 0 saturated heterocycles.